The fourth-order valence-electron chi connectivity index (χ4n) is 3.71. The number of furan rings is 1. The van der Waals surface area contributed by atoms with Crippen LogP contribution in [-0.4, -0.2) is 15.8 Å². The van der Waals surface area contributed by atoms with Crippen molar-refractivity contribution in [2.24, 2.45) is 0 Å². The molecule has 0 bridgehead atoms. The molecule has 0 amide bonds. The molecule has 156 valence electrons. The van der Waals surface area contributed by atoms with Crippen molar-refractivity contribution in [1.82, 2.24) is 0 Å². The van der Waals surface area contributed by atoms with E-state index >= 15 is 0 Å². The SMILES string of the molecule is O=C(c1ccccc1O)c1oc2c(c1-c1cccc([N+](=O)[O-])c1)c(=O)oc1ccccc12. The number of phenolic OH excluding ortho intramolecular Hbond substituents is 1. The standard InChI is InChI=1S/C24H13NO7/c26-17-10-3-1-8-15(17)21(27)23-19(13-6-5-7-14(12-13)25(29)30)20-22(32-23)16-9-2-4-11-18(16)31-24(20)28/h1-12,26H. The van der Waals surface area contributed by atoms with Gasteiger partial charge in [-0.15, -0.1) is 0 Å². The molecular weight excluding hydrogens is 414 g/mol. The van der Waals surface area contributed by atoms with Crippen molar-refractivity contribution in [3.63, 3.8) is 0 Å². The predicted molar refractivity (Wildman–Crippen MR) is 116 cm³/mol. The molecule has 5 aromatic rings. The summed E-state index contributed by atoms with van der Waals surface area (Å²) in [5.41, 5.74) is -0.311. The van der Waals surface area contributed by atoms with E-state index in [-0.39, 0.29) is 50.4 Å². The molecule has 32 heavy (non-hydrogen) atoms. The highest BCUT2D eigenvalue weighted by Gasteiger charge is 2.29. The molecule has 8 heteroatoms. The van der Waals surface area contributed by atoms with Crippen molar-refractivity contribution in [3.8, 4) is 16.9 Å². The number of benzene rings is 3. The molecule has 0 aliphatic rings. The maximum absolute atomic E-state index is 13.4. The molecule has 3 aromatic carbocycles. The Morgan fingerprint density at radius 2 is 1.69 bits per heavy atom. The summed E-state index contributed by atoms with van der Waals surface area (Å²) in [6, 6.07) is 18.1. The van der Waals surface area contributed by atoms with E-state index < -0.39 is 16.3 Å². The van der Waals surface area contributed by atoms with E-state index in [4.69, 9.17) is 8.83 Å². The van der Waals surface area contributed by atoms with Crippen LogP contribution < -0.4 is 5.63 Å². The van der Waals surface area contributed by atoms with E-state index in [0.717, 1.165) is 0 Å². The number of nitro benzene ring substituents is 1. The summed E-state index contributed by atoms with van der Waals surface area (Å²) in [6.07, 6.45) is 0. The van der Waals surface area contributed by atoms with Crippen LogP contribution >= 0.6 is 0 Å². The van der Waals surface area contributed by atoms with Crippen LogP contribution in [0.2, 0.25) is 0 Å². The first-order chi connectivity index (χ1) is 15.5. The number of aromatic hydroxyl groups is 1. The van der Waals surface area contributed by atoms with Gasteiger partial charge in [-0.1, -0.05) is 36.4 Å². The molecular formula is C24H13NO7. The third-order valence-electron chi connectivity index (χ3n) is 5.15. The van der Waals surface area contributed by atoms with Gasteiger partial charge in [-0.25, -0.2) is 4.79 Å². The lowest BCUT2D eigenvalue weighted by atomic mass is 9.97. The quantitative estimate of drug-likeness (QED) is 0.184. The van der Waals surface area contributed by atoms with E-state index in [0.29, 0.717) is 5.39 Å². The van der Waals surface area contributed by atoms with Crippen molar-refractivity contribution in [1.29, 1.82) is 0 Å². The van der Waals surface area contributed by atoms with Crippen LogP contribution in [0.5, 0.6) is 5.75 Å². The van der Waals surface area contributed by atoms with Gasteiger partial charge >= 0.3 is 5.63 Å². The fourth-order valence-corrected chi connectivity index (χ4v) is 3.71. The van der Waals surface area contributed by atoms with Crippen LogP contribution in [0, 0.1) is 10.1 Å². The number of non-ortho nitro benzene ring substituents is 1. The molecule has 5 rings (SSSR count). The van der Waals surface area contributed by atoms with Gasteiger partial charge in [0.1, 0.15) is 16.7 Å². The number of nitrogens with zero attached hydrogens (tertiary/aromatic N) is 1. The zero-order chi connectivity index (χ0) is 22.4. The first kappa shape index (κ1) is 19.3. The second kappa shape index (κ2) is 7.21. The van der Waals surface area contributed by atoms with Crippen molar-refractivity contribution in [2.45, 2.75) is 0 Å². The Balaban J connectivity index is 1.91. The summed E-state index contributed by atoms with van der Waals surface area (Å²) in [5.74, 6) is -1.17. The van der Waals surface area contributed by atoms with Crippen LogP contribution in [0.25, 0.3) is 33.1 Å². The Bertz CT molecular complexity index is 1610. The Kier molecular flexibility index (Phi) is 4.34. The average Bonchev–Trinajstić information content (AvgIpc) is 3.21. The minimum atomic E-state index is -0.750. The molecule has 0 saturated heterocycles. The van der Waals surface area contributed by atoms with Gasteiger partial charge < -0.3 is 13.9 Å². The lowest BCUT2D eigenvalue weighted by Crippen LogP contribution is -2.04. The Morgan fingerprint density at radius 3 is 2.47 bits per heavy atom. The highest BCUT2D eigenvalue weighted by atomic mass is 16.6. The number of phenols is 1. The van der Waals surface area contributed by atoms with Gasteiger partial charge in [-0.3, -0.25) is 14.9 Å². The smallest absolute Gasteiger partial charge is 0.348 e. The number of carbonyl (C=O) groups excluding carboxylic acids is 1. The van der Waals surface area contributed by atoms with E-state index in [1.807, 2.05) is 0 Å². The van der Waals surface area contributed by atoms with E-state index in [2.05, 4.69) is 0 Å². The number of hydrogen-bond acceptors (Lipinski definition) is 7. The lowest BCUT2D eigenvalue weighted by Gasteiger charge is -2.05. The molecule has 0 radical (unpaired) electrons. The first-order valence-corrected chi connectivity index (χ1v) is 9.51. The van der Waals surface area contributed by atoms with Crippen LogP contribution in [-0.2, 0) is 0 Å². The van der Waals surface area contributed by atoms with E-state index in [1.54, 1.807) is 36.4 Å². The molecule has 0 spiro atoms. The highest BCUT2D eigenvalue weighted by molar-refractivity contribution is 6.19. The van der Waals surface area contributed by atoms with Gasteiger partial charge in [0.05, 0.1) is 15.9 Å². The van der Waals surface area contributed by atoms with Crippen molar-refractivity contribution in [3.05, 3.63) is 105 Å². The number of carbonyl (C=O) groups is 1. The third-order valence-corrected chi connectivity index (χ3v) is 5.15. The number of ketones is 1. The molecule has 2 heterocycles. The summed E-state index contributed by atoms with van der Waals surface area (Å²) in [4.78, 5) is 37.0. The normalized spacial score (nSPS) is 11.1. The van der Waals surface area contributed by atoms with Crippen LogP contribution in [0.15, 0.2) is 86.4 Å². The summed E-state index contributed by atoms with van der Waals surface area (Å²) >= 11 is 0. The summed E-state index contributed by atoms with van der Waals surface area (Å²) in [5, 5.41) is 22.0. The third kappa shape index (κ3) is 2.93. The van der Waals surface area contributed by atoms with Gasteiger partial charge in [0.25, 0.3) is 5.69 Å². The second-order valence-electron chi connectivity index (χ2n) is 7.05. The number of fused-ring (bicyclic) bond motifs is 3. The van der Waals surface area contributed by atoms with Gasteiger partial charge in [-0.2, -0.15) is 0 Å². The Labute approximate surface area is 179 Å². The van der Waals surface area contributed by atoms with Gasteiger partial charge in [-0.05, 0) is 29.8 Å². The monoisotopic (exact) mass is 427 g/mol. The number of para-hydroxylation sites is 2. The summed E-state index contributed by atoms with van der Waals surface area (Å²) < 4.78 is 11.4. The number of rotatable bonds is 4. The fraction of sp³-hybridized carbons (Fsp3) is 0. The molecule has 0 fully saturated rings. The van der Waals surface area contributed by atoms with E-state index in [1.165, 1.54) is 36.4 Å². The van der Waals surface area contributed by atoms with E-state index in [9.17, 15) is 24.8 Å². The molecule has 0 unspecified atom stereocenters. The Hall–Kier alpha value is -4.72. The minimum Gasteiger partial charge on any atom is -0.507 e. The molecule has 0 aliphatic carbocycles. The largest absolute Gasteiger partial charge is 0.507 e. The topological polar surface area (TPSA) is 124 Å². The van der Waals surface area contributed by atoms with Crippen LogP contribution in [0.1, 0.15) is 16.1 Å². The maximum Gasteiger partial charge on any atom is 0.348 e. The summed E-state index contributed by atoms with van der Waals surface area (Å²) in [6.45, 7) is 0. The first-order valence-electron chi connectivity index (χ1n) is 9.51. The molecule has 0 aliphatic heterocycles. The molecule has 0 atom stereocenters. The summed E-state index contributed by atoms with van der Waals surface area (Å²) in [7, 11) is 0. The molecule has 8 nitrogen and oxygen atoms in total. The van der Waals surface area contributed by atoms with Gasteiger partial charge in [0, 0.05) is 17.7 Å². The van der Waals surface area contributed by atoms with Crippen molar-refractivity contribution in [2.75, 3.05) is 0 Å². The zero-order valence-electron chi connectivity index (χ0n) is 16.3. The van der Waals surface area contributed by atoms with Gasteiger partial charge in [0.15, 0.2) is 11.3 Å². The molecule has 0 saturated carbocycles. The highest BCUT2D eigenvalue weighted by Crippen LogP contribution is 2.39. The lowest BCUT2D eigenvalue weighted by molar-refractivity contribution is -0.384. The average molecular weight is 427 g/mol. The number of hydrogen-bond donors (Lipinski definition) is 1. The zero-order valence-corrected chi connectivity index (χ0v) is 16.3. The van der Waals surface area contributed by atoms with Crippen molar-refractivity contribution < 1.29 is 23.7 Å². The van der Waals surface area contributed by atoms with Crippen LogP contribution in [0.4, 0.5) is 5.69 Å². The predicted octanol–water partition coefficient (Wildman–Crippen LogP) is 5.05. The second-order valence-corrected chi connectivity index (χ2v) is 7.05. The number of nitro groups is 1. The molecule has 2 aromatic heterocycles. The minimum absolute atomic E-state index is 0.0111. The Morgan fingerprint density at radius 1 is 0.938 bits per heavy atom. The van der Waals surface area contributed by atoms with Gasteiger partial charge in [0.2, 0.25) is 5.78 Å². The van der Waals surface area contributed by atoms with Crippen molar-refractivity contribution >= 4 is 33.4 Å². The molecule has 1 N–H and O–H groups in total. The maximum atomic E-state index is 13.4. The van der Waals surface area contributed by atoms with Crippen LogP contribution in [0.3, 0.4) is 0 Å².